The summed E-state index contributed by atoms with van der Waals surface area (Å²) in [7, 11) is 0. The van der Waals surface area contributed by atoms with Gasteiger partial charge in [-0.3, -0.25) is 0 Å². The standard InChI is InChI=1S/C70H48/c1-41-61(45-21-9-5-10-22-45)63(47-25-13-7-14-26-47)43(3)67-59-39-37-53(55-31-19-33-57(65(41)67)69(55)59)51-35-36-52(50-30-18-17-29-49(50)51)54-38-40-60-68-44(4)64(48-27-15-8-16-28-48)62(46-23-11-6-12-24-46)42(2)66(68)58-34-20-32-56(54)70(58)60/h5-40H,1-4H3. The number of hydrogen-bond donors (Lipinski definition) is 0. The monoisotopic (exact) mass is 888 g/mol. The lowest BCUT2D eigenvalue weighted by atomic mass is 9.81. The molecular weight excluding hydrogens is 841 g/mol. The second-order valence-electron chi connectivity index (χ2n) is 19.4. The van der Waals surface area contributed by atoms with Crippen molar-refractivity contribution in [3.63, 3.8) is 0 Å². The minimum Gasteiger partial charge on any atom is -0.0622 e. The Kier molecular flexibility index (Phi) is 8.95. The molecule has 12 aromatic rings. The molecule has 0 aromatic heterocycles. The molecule has 2 aliphatic rings. The molecule has 70 heavy (non-hydrogen) atoms. The molecule has 0 saturated heterocycles. The summed E-state index contributed by atoms with van der Waals surface area (Å²) in [6.07, 6.45) is 0. The topological polar surface area (TPSA) is 0 Å². The van der Waals surface area contributed by atoms with Crippen molar-refractivity contribution in [1.82, 2.24) is 0 Å². The zero-order valence-electron chi connectivity index (χ0n) is 39.8. The van der Waals surface area contributed by atoms with E-state index in [1.807, 2.05) is 0 Å². The van der Waals surface area contributed by atoms with Crippen LogP contribution in [0.2, 0.25) is 0 Å². The Morgan fingerprint density at radius 3 is 0.700 bits per heavy atom. The molecule has 0 saturated carbocycles. The number of rotatable bonds is 6. The van der Waals surface area contributed by atoms with E-state index in [1.165, 1.54) is 166 Å². The van der Waals surface area contributed by atoms with Crippen LogP contribution in [0, 0.1) is 27.7 Å². The first kappa shape index (κ1) is 40.5. The lowest BCUT2D eigenvalue weighted by Gasteiger charge is -2.22. The molecule has 14 rings (SSSR count). The third-order valence-electron chi connectivity index (χ3n) is 15.9. The van der Waals surface area contributed by atoms with Crippen LogP contribution in [0.4, 0.5) is 0 Å². The third kappa shape index (κ3) is 5.65. The quantitative estimate of drug-likeness (QED) is 0.156. The second kappa shape index (κ2) is 15.5. The van der Waals surface area contributed by atoms with Gasteiger partial charge >= 0.3 is 0 Å². The van der Waals surface area contributed by atoms with Crippen LogP contribution >= 0.6 is 0 Å². The van der Waals surface area contributed by atoms with Gasteiger partial charge in [0.05, 0.1) is 0 Å². The summed E-state index contributed by atoms with van der Waals surface area (Å²) in [6.45, 7) is 9.37. The van der Waals surface area contributed by atoms with E-state index in [-0.39, 0.29) is 0 Å². The van der Waals surface area contributed by atoms with Gasteiger partial charge in [0.15, 0.2) is 0 Å². The molecule has 0 radical (unpaired) electrons. The zero-order valence-corrected chi connectivity index (χ0v) is 39.8. The minimum atomic E-state index is 1.25. The highest BCUT2D eigenvalue weighted by Gasteiger charge is 2.33. The van der Waals surface area contributed by atoms with Crippen LogP contribution in [0.5, 0.6) is 0 Å². The van der Waals surface area contributed by atoms with Gasteiger partial charge in [0.1, 0.15) is 0 Å². The molecule has 0 spiro atoms. The molecule has 0 amide bonds. The molecule has 0 atom stereocenters. The van der Waals surface area contributed by atoms with Crippen molar-refractivity contribution in [2.24, 2.45) is 0 Å². The van der Waals surface area contributed by atoms with Crippen LogP contribution < -0.4 is 0 Å². The summed E-state index contributed by atoms with van der Waals surface area (Å²) in [5.74, 6) is 0. The van der Waals surface area contributed by atoms with Gasteiger partial charge in [-0.05, 0) is 194 Å². The lowest BCUT2D eigenvalue weighted by molar-refractivity contribution is 1.40. The minimum absolute atomic E-state index is 1.25. The summed E-state index contributed by atoms with van der Waals surface area (Å²) in [5, 5.41) is 7.82. The van der Waals surface area contributed by atoms with Crippen molar-refractivity contribution in [2.45, 2.75) is 27.7 Å². The molecule has 2 aliphatic carbocycles. The number of fused-ring (bicyclic) bond motifs is 7. The Bertz CT molecular complexity index is 3730. The van der Waals surface area contributed by atoms with Gasteiger partial charge in [0.2, 0.25) is 0 Å². The maximum absolute atomic E-state index is 2.41. The van der Waals surface area contributed by atoms with E-state index in [1.54, 1.807) is 0 Å². The maximum Gasteiger partial charge on any atom is -0.00199 e. The van der Waals surface area contributed by atoms with Crippen LogP contribution in [0.3, 0.4) is 0 Å². The summed E-state index contributed by atoms with van der Waals surface area (Å²) in [6, 6.07) is 81.4. The second-order valence-corrected chi connectivity index (χ2v) is 19.4. The van der Waals surface area contributed by atoms with Crippen molar-refractivity contribution < 1.29 is 0 Å². The highest BCUT2D eigenvalue weighted by atomic mass is 14.4. The van der Waals surface area contributed by atoms with E-state index < -0.39 is 0 Å². The molecule has 0 nitrogen and oxygen atoms in total. The molecular formula is C70H48. The first-order valence-electron chi connectivity index (χ1n) is 24.7. The summed E-state index contributed by atoms with van der Waals surface area (Å²) < 4.78 is 0. The molecule has 0 unspecified atom stereocenters. The molecule has 0 aliphatic heterocycles. The fourth-order valence-electron chi connectivity index (χ4n) is 13.1. The molecule has 0 fully saturated rings. The SMILES string of the molecule is Cc1c(-c2ccccc2)c(-c2ccccc2)c(C)c2c1-c1cccc3c(-c4ccc(-c5ccc6c7c(cccc57)-c5c(C)c(-c7ccccc7)c(-c7ccccc7)c(C)c5-6)c5ccccc45)ccc-2c13. The number of benzene rings is 12. The summed E-state index contributed by atoms with van der Waals surface area (Å²) >= 11 is 0. The Labute approximate surface area is 409 Å². The Morgan fingerprint density at radius 1 is 0.171 bits per heavy atom. The molecule has 0 heteroatoms. The van der Waals surface area contributed by atoms with Crippen LogP contribution in [0.1, 0.15) is 22.3 Å². The average molecular weight is 889 g/mol. The predicted molar refractivity (Wildman–Crippen MR) is 299 cm³/mol. The zero-order chi connectivity index (χ0) is 46.8. The fraction of sp³-hybridized carbons (Fsp3) is 0.0571. The van der Waals surface area contributed by atoms with Gasteiger partial charge in [-0.25, -0.2) is 0 Å². The average Bonchev–Trinajstić information content (AvgIpc) is 3.95. The van der Waals surface area contributed by atoms with Gasteiger partial charge in [0, 0.05) is 0 Å². The van der Waals surface area contributed by atoms with Gasteiger partial charge in [-0.15, -0.1) is 0 Å². The van der Waals surface area contributed by atoms with E-state index in [0.717, 1.165) is 0 Å². The first-order chi connectivity index (χ1) is 34.5. The Balaban J connectivity index is 0.950. The first-order valence-corrected chi connectivity index (χ1v) is 24.7. The largest absolute Gasteiger partial charge is 0.0622 e. The number of hydrogen-bond acceptors (Lipinski definition) is 0. The highest BCUT2D eigenvalue weighted by molar-refractivity contribution is 6.25. The lowest BCUT2D eigenvalue weighted by Crippen LogP contribution is -1.98. The molecule has 0 bridgehead atoms. The fourth-order valence-corrected chi connectivity index (χ4v) is 13.1. The van der Waals surface area contributed by atoms with Crippen LogP contribution in [-0.4, -0.2) is 0 Å². The molecule has 0 N–H and O–H groups in total. The van der Waals surface area contributed by atoms with Gasteiger partial charge in [0.25, 0.3) is 0 Å². The van der Waals surface area contributed by atoms with Gasteiger partial charge in [-0.1, -0.05) is 218 Å². The van der Waals surface area contributed by atoms with E-state index in [2.05, 4.69) is 246 Å². The van der Waals surface area contributed by atoms with E-state index >= 15 is 0 Å². The van der Waals surface area contributed by atoms with Crippen molar-refractivity contribution in [3.05, 3.63) is 241 Å². The highest BCUT2D eigenvalue weighted by Crippen LogP contribution is 2.59. The van der Waals surface area contributed by atoms with E-state index in [4.69, 9.17) is 0 Å². The van der Waals surface area contributed by atoms with Gasteiger partial charge in [-0.2, -0.15) is 0 Å². The van der Waals surface area contributed by atoms with Crippen LogP contribution in [-0.2, 0) is 0 Å². The van der Waals surface area contributed by atoms with Crippen molar-refractivity contribution in [1.29, 1.82) is 0 Å². The van der Waals surface area contributed by atoms with Crippen molar-refractivity contribution in [3.8, 4) is 111 Å². The predicted octanol–water partition coefficient (Wildman–Crippen LogP) is 19.7. The van der Waals surface area contributed by atoms with Gasteiger partial charge < -0.3 is 0 Å². The third-order valence-corrected chi connectivity index (χ3v) is 15.9. The summed E-state index contributed by atoms with van der Waals surface area (Å²) in [4.78, 5) is 0. The smallest absolute Gasteiger partial charge is 0.00199 e. The molecule has 12 aromatic carbocycles. The van der Waals surface area contributed by atoms with E-state index in [9.17, 15) is 0 Å². The van der Waals surface area contributed by atoms with Crippen LogP contribution in [0.15, 0.2) is 218 Å². The van der Waals surface area contributed by atoms with Crippen molar-refractivity contribution in [2.75, 3.05) is 0 Å². The molecule has 328 valence electrons. The van der Waals surface area contributed by atoms with Crippen molar-refractivity contribution >= 4 is 32.3 Å². The summed E-state index contributed by atoms with van der Waals surface area (Å²) in [5.41, 5.74) is 31.4. The van der Waals surface area contributed by atoms with Crippen LogP contribution in [0.25, 0.3) is 144 Å². The Morgan fingerprint density at radius 2 is 0.400 bits per heavy atom. The Hall–Kier alpha value is -8.58. The van der Waals surface area contributed by atoms with E-state index in [0.29, 0.717) is 0 Å². The normalized spacial score (nSPS) is 12.0. The molecule has 0 heterocycles. The maximum atomic E-state index is 2.41.